The van der Waals surface area contributed by atoms with Gasteiger partial charge in [0.25, 0.3) is 0 Å². The highest BCUT2D eigenvalue weighted by Gasteiger charge is 2.33. The summed E-state index contributed by atoms with van der Waals surface area (Å²) in [6.45, 7) is 5.46. The molecule has 0 radical (unpaired) electrons. The molecule has 1 amide bonds. The topological polar surface area (TPSA) is 67.4 Å². The van der Waals surface area contributed by atoms with E-state index >= 15 is 0 Å². The molecule has 1 aliphatic heterocycles. The van der Waals surface area contributed by atoms with E-state index in [2.05, 4.69) is 10.6 Å². The van der Waals surface area contributed by atoms with Crippen molar-refractivity contribution in [3.8, 4) is 0 Å². The average Bonchev–Trinajstić information content (AvgIpc) is 2.50. The minimum absolute atomic E-state index is 0. The van der Waals surface area contributed by atoms with Crippen LogP contribution < -0.4 is 10.6 Å². The second kappa shape index (κ2) is 8.89. The van der Waals surface area contributed by atoms with Gasteiger partial charge in [-0.05, 0) is 31.5 Å². The number of methoxy groups -OCH3 is 1. The molecule has 0 aliphatic carbocycles. The minimum atomic E-state index is -0.442. The van der Waals surface area contributed by atoms with E-state index in [1.165, 1.54) is 7.11 Å². The van der Waals surface area contributed by atoms with E-state index in [4.69, 9.17) is 4.74 Å². The predicted molar refractivity (Wildman–Crippen MR) is 91.3 cm³/mol. The molecule has 5 nitrogen and oxygen atoms in total. The van der Waals surface area contributed by atoms with Gasteiger partial charge in [-0.2, -0.15) is 0 Å². The lowest BCUT2D eigenvalue weighted by Gasteiger charge is -2.33. The van der Waals surface area contributed by atoms with Crippen molar-refractivity contribution in [3.63, 3.8) is 0 Å². The molecule has 23 heavy (non-hydrogen) atoms. The lowest BCUT2D eigenvalue weighted by atomic mass is 9.87. The number of halogens is 1. The van der Waals surface area contributed by atoms with Crippen molar-refractivity contribution in [2.45, 2.75) is 19.9 Å². The van der Waals surface area contributed by atoms with Gasteiger partial charge in [-0.15, -0.1) is 12.4 Å². The zero-order chi connectivity index (χ0) is 16.1. The fourth-order valence-corrected chi connectivity index (χ4v) is 2.64. The van der Waals surface area contributed by atoms with Crippen molar-refractivity contribution in [1.82, 2.24) is 10.6 Å². The maximum absolute atomic E-state index is 12.5. The van der Waals surface area contributed by atoms with Crippen LogP contribution in [0, 0.1) is 17.8 Å². The number of hydrogen-bond acceptors (Lipinski definition) is 4. The number of carbonyl (C=O) groups is 2. The van der Waals surface area contributed by atoms with Gasteiger partial charge in [0.15, 0.2) is 0 Å². The highest BCUT2D eigenvalue weighted by atomic mass is 35.5. The molecule has 0 aromatic heterocycles. The summed E-state index contributed by atoms with van der Waals surface area (Å²) in [6.07, 6.45) is 0. The van der Waals surface area contributed by atoms with Gasteiger partial charge in [0, 0.05) is 5.92 Å². The molecule has 1 aromatic carbocycles. The fraction of sp³-hybridized carbons (Fsp3) is 0.529. The molecule has 2 N–H and O–H groups in total. The number of ether oxygens (including phenoxy) is 1. The zero-order valence-corrected chi connectivity index (χ0v) is 14.6. The Morgan fingerprint density at radius 3 is 2.30 bits per heavy atom. The quantitative estimate of drug-likeness (QED) is 0.776. The predicted octanol–water partition coefficient (Wildman–Crippen LogP) is 1.93. The number of rotatable bonds is 6. The minimum Gasteiger partial charge on any atom is -0.469 e. The Bertz CT molecular complexity index is 520. The van der Waals surface area contributed by atoms with Gasteiger partial charge in [0.1, 0.15) is 0 Å². The Kier molecular flexibility index (Phi) is 7.52. The van der Waals surface area contributed by atoms with E-state index < -0.39 is 5.92 Å². The van der Waals surface area contributed by atoms with E-state index in [1.807, 2.05) is 37.3 Å². The highest BCUT2D eigenvalue weighted by Crippen LogP contribution is 2.25. The van der Waals surface area contributed by atoms with Gasteiger partial charge in [0.05, 0.1) is 19.1 Å². The number of hydrogen-bond donors (Lipinski definition) is 2. The second-order valence-electron chi connectivity index (χ2n) is 5.92. The molecular formula is C17H25ClN2O3. The smallest absolute Gasteiger partial charge is 0.310 e. The van der Waals surface area contributed by atoms with Gasteiger partial charge in [0.2, 0.25) is 5.91 Å². The van der Waals surface area contributed by atoms with Crippen LogP contribution in [0.2, 0.25) is 0 Å². The first kappa shape index (κ1) is 19.5. The largest absolute Gasteiger partial charge is 0.469 e. The summed E-state index contributed by atoms with van der Waals surface area (Å²) >= 11 is 0. The molecule has 1 saturated heterocycles. The SMILES string of the molecule is COC(=O)C(C)C(NC(=O)C(C)C1CNC1)c1ccccc1.Cl. The maximum atomic E-state index is 12.5. The summed E-state index contributed by atoms with van der Waals surface area (Å²) < 4.78 is 4.84. The molecule has 128 valence electrons. The average molecular weight is 341 g/mol. The number of esters is 1. The van der Waals surface area contributed by atoms with Gasteiger partial charge in [-0.1, -0.05) is 37.3 Å². The van der Waals surface area contributed by atoms with Crippen LogP contribution in [0.4, 0.5) is 0 Å². The van der Waals surface area contributed by atoms with Crippen molar-refractivity contribution in [2.24, 2.45) is 17.8 Å². The van der Waals surface area contributed by atoms with Crippen LogP contribution in [-0.2, 0) is 14.3 Å². The van der Waals surface area contributed by atoms with E-state index in [9.17, 15) is 9.59 Å². The molecule has 1 aromatic rings. The van der Waals surface area contributed by atoms with Crippen molar-refractivity contribution in [1.29, 1.82) is 0 Å². The van der Waals surface area contributed by atoms with Gasteiger partial charge in [-0.3, -0.25) is 9.59 Å². The molecule has 1 fully saturated rings. The van der Waals surface area contributed by atoms with Crippen LogP contribution in [0.15, 0.2) is 30.3 Å². The van der Waals surface area contributed by atoms with E-state index in [0.717, 1.165) is 18.7 Å². The fourth-order valence-electron chi connectivity index (χ4n) is 2.64. The molecule has 0 saturated carbocycles. The highest BCUT2D eigenvalue weighted by molar-refractivity contribution is 5.85. The molecule has 0 bridgehead atoms. The summed E-state index contributed by atoms with van der Waals surface area (Å²) in [6, 6.07) is 9.17. The Hall–Kier alpha value is -1.59. The summed E-state index contributed by atoms with van der Waals surface area (Å²) in [5.74, 6) is -0.492. The first-order valence-electron chi connectivity index (χ1n) is 7.68. The molecule has 0 spiro atoms. The van der Waals surface area contributed by atoms with Crippen LogP contribution in [0.3, 0.4) is 0 Å². The first-order valence-corrected chi connectivity index (χ1v) is 7.68. The maximum Gasteiger partial charge on any atom is 0.310 e. The number of carbonyl (C=O) groups excluding carboxylic acids is 2. The van der Waals surface area contributed by atoms with Crippen molar-refractivity contribution in [3.05, 3.63) is 35.9 Å². The van der Waals surface area contributed by atoms with Crippen LogP contribution in [0.1, 0.15) is 25.5 Å². The Morgan fingerprint density at radius 2 is 1.83 bits per heavy atom. The van der Waals surface area contributed by atoms with Crippen LogP contribution in [0.25, 0.3) is 0 Å². The monoisotopic (exact) mass is 340 g/mol. The molecular weight excluding hydrogens is 316 g/mol. The first-order chi connectivity index (χ1) is 10.5. The third-order valence-corrected chi connectivity index (χ3v) is 4.46. The number of benzene rings is 1. The zero-order valence-electron chi connectivity index (χ0n) is 13.7. The number of nitrogens with one attached hydrogen (secondary N) is 2. The van der Waals surface area contributed by atoms with E-state index in [-0.39, 0.29) is 36.2 Å². The summed E-state index contributed by atoms with van der Waals surface area (Å²) in [5.41, 5.74) is 0.910. The second-order valence-corrected chi connectivity index (χ2v) is 5.92. The molecule has 2 rings (SSSR count). The van der Waals surface area contributed by atoms with Crippen LogP contribution in [0.5, 0.6) is 0 Å². The summed E-state index contributed by atoms with van der Waals surface area (Å²) in [5, 5.41) is 6.21. The summed E-state index contributed by atoms with van der Waals surface area (Å²) in [7, 11) is 1.37. The summed E-state index contributed by atoms with van der Waals surface area (Å²) in [4.78, 5) is 24.4. The van der Waals surface area contributed by atoms with E-state index in [1.54, 1.807) is 6.92 Å². The Morgan fingerprint density at radius 1 is 1.22 bits per heavy atom. The third kappa shape index (κ3) is 4.69. The molecule has 3 unspecified atom stereocenters. The van der Waals surface area contributed by atoms with Crippen LogP contribution in [-0.4, -0.2) is 32.1 Å². The molecule has 1 heterocycles. The van der Waals surface area contributed by atoms with Crippen LogP contribution >= 0.6 is 12.4 Å². The molecule has 1 aliphatic rings. The van der Waals surface area contributed by atoms with Crippen molar-refractivity contribution >= 4 is 24.3 Å². The molecule has 3 atom stereocenters. The number of amides is 1. The van der Waals surface area contributed by atoms with Crippen molar-refractivity contribution < 1.29 is 14.3 Å². The standard InChI is InChI=1S/C17H24N2O3.ClH/c1-11(14-9-18-10-14)16(20)19-15(12(2)17(21)22-3)13-7-5-4-6-8-13;/h4-8,11-12,14-15,18H,9-10H2,1-3H3,(H,19,20);1H. The van der Waals surface area contributed by atoms with Crippen molar-refractivity contribution in [2.75, 3.05) is 20.2 Å². The van der Waals surface area contributed by atoms with Gasteiger partial charge >= 0.3 is 5.97 Å². The van der Waals surface area contributed by atoms with E-state index in [0.29, 0.717) is 5.92 Å². The lowest BCUT2D eigenvalue weighted by molar-refractivity contribution is -0.146. The molecule has 6 heteroatoms. The lowest BCUT2D eigenvalue weighted by Crippen LogP contribution is -2.50. The third-order valence-electron chi connectivity index (χ3n) is 4.46. The Balaban J connectivity index is 0.00000264. The van der Waals surface area contributed by atoms with Gasteiger partial charge < -0.3 is 15.4 Å². The Labute approximate surface area is 143 Å². The normalized spacial score (nSPS) is 17.9. The van der Waals surface area contributed by atoms with Gasteiger partial charge in [-0.25, -0.2) is 0 Å².